The molecule has 0 unspecified atom stereocenters. The Bertz CT molecular complexity index is 596. The number of rotatable bonds is 11. The number of methoxy groups -OCH3 is 2. The van der Waals surface area contributed by atoms with Gasteiger partial charge in [0.2, 0.25) is 0 Å². The molecule has 0 atom stereocenters. The highest BCUT2D eigenvalue weighted by atomic mass is 16.7. The van der Waals surface area contributed by atoms with Crippen molar-refractivity contribution < 1.29 is 18.8 Å². The molecule has 0 heterocycles. The van der Waals surface area contributed by atoms with Gasteiger partial charge in [-0.1, -0.05) is 30.4 Å². The molecular weight excluding hydrogens is 314 g/mol. The minimum Gasteiger partial charge on any atom is -0.494 e. The van der Waals surface area contributed by atoms with Crippen molar-refractivity contribution in [1.29, 1.82) is 0 Å². The molecule has 0 aliphatic carbocycles. The molecule has 0 amide bonds. The molecule has 4 nitrogen and oxygen atoms in total. The van der Waals surface area contributed by atoms with Crippen molar-refractivity contribution >= 4 is 12.8 Å². The molecule has 1 rings (SSSR count). The van der Waals surface area contributed by atoms with Gasteiger partial charge in [-0.2, -0.15) is 0 Å². The summed E-state index contributed by atoms with van der Waals surface area (Å²) in [5.41, 5.74) is 2.25. The lowest BCUT2D eigenvalue weighted by Gasteiger charge is -2.13. The van der Waals surface area contributed by atoms with Crippen LogP contribution in [0.1, 0.15) is 25.3 Å². The number of ether oxygens (including phenoxy) is 3. The molecule has 0 saturated heterocycles. The van der Waals surface area contributed by atoms with E-state index in [-0.39, 0.29) is 6.29 Å². The van der Waals surface area contributed by atoms with Crippen molar-refractivity contribution in [2.75, 3.05) is 27.9 Å². The van der Waals surface area contributed by atoms with Gasteiger partial charge in [-0.3, -0.25) is 0 Å². The smallest absolute Gasteiger partial charge is 0.168 e. The third-order valence-electron chi connectivity index (χ3n) is 3.58. The number of nitrogens with zero attached hydrogens (tertiary/aromatic N) is 1. The zero-order valence-electron chi connectivity index (χ0n) is 15.8. The van der Waals surface area contributed by atoms with Gasteiger partial charge in [0.25, 0.3) is 0 Å². The van der Waals surface area contributed by atoms with E-state index in [1.165, 1.54) is 0 Å². The maximum absolute atomic E-state index is 5.74. The summed E-state index contributed by atoms with van der Waals surface area (Å²) in [5.74, 6) is 0.869. The van der Waals surface area contributed by atoms with Gasteiger partial charge in [-0.25, -0.2) is 4.58 Å². The molecule has 0 N–H and O–H groups in total. The van der Waals surface area contributed by atoms with E-state index in [2.05, 4.69) is 24.9 Å². The van der Waals surface area contributed by atoms with Crippen LogP contribution in [0, 0.1) is 0 Å². The fourth-order valence-electron chi connectivity index (χ4n) is 2.10. The van der Waals surface area contributed by atoms with E-state index in [9.17, 15) is 0 Å². The van der Waals surface area contributed by atoms with Crippen LogP contribution in [0.4, 0.5) is 0 Å². The molecule has 0 aliphatic heterocycles. The zero-order chi connectivity index (χ0) is 18.5. The Hall–Kier alpha value is -2.17. The fraction of sp³-hybridized carbons (Fsp3) is 0.381. The van der Waals surface area contributed by atoms with Gasteiger partial charge < -0.3 is 14.2 Å². The number of benzene rings is 1. The van der Waals surface area contributed by atoms with E-state index in [1.54, 1.807) is 18.8 Å². The fourth-order valence-corrected chi connectivity index (χ4v) is 2.10. The normalized spacial score (nSPS) is 12.4. The largest absolute Gasteiger partial charge is 0.494 e. The van der Waals surface area contributed by atoms with Crippen molar-refractivity contribution in [3.63, 3.8) is 0 Å². The summed E-state index contributed by atoms with van der Waals surface area (Å²) < 4.78 is 17.8. The zero-order valence-corrected chi connectivity index (χ0v) is 15.8. The van der Waals surface area contributed by atoms with Crippen molar-refractivity contribution in [2.24, 2.45) is 0 Å². The van der Waals surface area contributed by atoms with Crippen LogP contribution >= 0.6 is 0 Å². The molecule has 0 radical (unpaired) electrons. The third-order valence-corrected chi connectivity index (χ3v) is 3.58. The molecule has 4 heteroatoms. The van der Waals surface area contributed by atoms with Gasteiger partial charge in [0.1, 0.15) is 19.5 Å². The summed E-state index contributed by atoms with van der Waals surface area (Å²) in [6.07, 6.45) is 11.7. The Labute approximate surface area is 151 Å². The van der Waals surface area contributed by atoms with Crippen molar-refractivity contribution in [1.82, 2.24) is 0 Å². The molecule has 0 fully saturated rings. The van der Waals surface area contributed by atoms with Crippen LogP contribution in [0.2, 0.25) is 0 Å². The van der Waals surface area contributed by atoms with Gasteiger partial charge in [0.05, 0.1) is 6.61 Å². The molecule has 136 valence electrons. The van der Waals surface area contributed by atoms with Gasteiger partial charge in [0.15, 0.2) is 12.5 Å². The summed E-state index contributed by atoms with van der Waals surface area (Å²) >= 11 is 0. The van der Waals surface area contributed by atoms with Gasteiger partial charge >= 0.3 is 0 Å². The standard InChI is InChI=1S/C21H30NO3/c1-6-18(15-16-22(2)3)9-10-19-11-13-20(14-12-19)25-17-7-8-21(23-4)24-5/h6,9-16,21H,2,7-8,17H2,1,3-5H3/q+1/b10-9+,16-15-,18-6-. The highest BCUT2D eigenvalue weighted by Crippen LogP contribution is 2.15. The molecule has 1 aromatic rings. The monoisotopic (exact) mass is 344 g/mol. The first-order valence-electron chi connectivity index (χ1n) is 8.43. The summed E-state index contributed by atoms with van der Waals surface area (Å²) in [7, 11) is 5.19. The van der Waals surface area contributed by atoms with E-state index >= 15 is 0 Å². The molecule has 0 saturated carbocycles. The maximum atomic E-state index is 5.74. The first-order chi connectivity index (χ1) is 12.1. The Morgan fingerprint density at radius 1 is 1.16 bits per heavy atom. The van der Waals surface area contributed by atoms with Gasteiger partial charge in [-0.05, 0) is 36.6 Å². The Morgan fingerprint density at radius 2 is 1.84 bits per heavy atom. The van der Waals surface area contributed by atoms with E-state index in [0.717, 1.165) is 29.7 Å². The predicted molar refractivity (Wildman–Crippen MR) is 104 cm³/mol. The molecule has 0 aliphatic rings. The Balaban J connectivity index is 2.47. The molecule has 1 aromatic carbocycles. The molecule has 0 aromatic heterocycles. The SMILES string of the molecule is C=[N+](C)\C=C/C(=C\C)/C=C/c1ccc(OCCCC(OC)OC)cc1. The van der Waals surface area contributed by atoms with E-state index in [1.807, 2.05) is 50.5 Å². The van der Waals surface area contributed by atoms with Crippen LogP contribution in [0.25, 0.3) is 6.08 Å². The van der Waals surface area contributed by atoms with Gasteiger partial charge in [0, 0.05) is 26.7 Å². The first-order valence-corrected chi connectivity index (χ1v) is 8.43. The highest BCUT2D eigenvalue weighted by molar-refractivity contribution is 5.55. The van der Waals surface area contributed by atoms with E-state index < -0.39 is 0 Å². The van der Waals surface area contributed by atoms with Crippen LogP contribution < -0.4 is 4.74 Å². The van der Waals surface area contributed by atoms with Crippen LogP contribution in [0.5, 0.6) is 5.75 Å². The topological polar surface area (TPSA) is 30.7 Å². The first kappa shape index (κ1) is 20.9. The van der Waals surface area contributed by atoms with Crippen molar-refractivity contribution in [3.8, 4) is 5.75 Å². The summed E-state index contributed by atoms with van der Waals surface area (Å²) in [4.78, 5) is 0. The maximum Gasteiger partial charge on any atom is 0.168 e. The lowest BCUT2D eigenvalue weighted by molar-refractivity contribution is -0.412. The lowest BCUT2D eigenvalue weighted by Crippen LogP contribution is -2.14. The van der Waals surface area contributed by atoms with Crippen LogP contribution in [-0.2, 0) is 9.47 Å². The highest BCUT2D eigenvalue weighted by Gasteiger charge is 2.04. The Morgan fingerprint density at radius 3 is 2.40 bits per heavy atom. The van der Waals surface area contributed by atoms with Crippen LogP contribution in [0.15, 0.2) is 54.3 Å². The van der Waals surface area contributed by atoms with Crippen LogP contribution in [-0.4, -0.2) is 45.5 Å². The molecule has 0 spiro atoms. The molecule has 0 bridgehead atoms. The second-order valence-electron chi connectivity index (χ2n) is 5.66. The number of hydrogen-bond acceptors (Lipinski definition) is 3. The van der Waals surface area contributed by atoms with Crippen molar-refractivity contribution in [2.45, 2.75) is 26.1 Å². The van der Waals surface area contributed by atoms with E-state index in [4.69, 9.17) is 14.2 Å². The van der Waals surface area contributed by atoms with Crippen molar-refractivity contribution in [3.05, 3.63) is 59.8 Å². The summed E-state index contributed by atoms with van der Waals surface area (Å²) in [5, 5.41) is 0. The molecular formula is C21H30NO3+. The Kier molecular flexibility index (Phi) is 10.2. The lowest BCUT2D eigenvalue weighted by atomic mass is 10.1. The number of allylic oxidation sites excluding steroid dienone is 4. The van der Waals surface area contributed by atoms with Crippen LogP contribution in [0.3, 0.4) is 0 Å². The summed E-state index contributed by atoms with van der Waals surface area (Å²) in [6, 6.07) is 8.06. The predicted octanol–water partition coefficient (Wildman–Crippen LogP) is 4.28. The third kappa shape index (κ3) is 9.03. The minimum atomic E-state index is -0.158. The van der Waals surface area contributed by atoms with E-state index in [0.29, 0.717) is 6.61 Å². The molecule has 25 heavy (non-hydrogen) atoms. The average Bonchev–Trinajstić information content (AvgIpc) is 2.63. The quantitative estimate of drug-likeness (QED) is 0.197. The van der Waals surface area contributed by atoms with Gasteiger partial charge in [-0.15, -0.1) is 0 Å². The summed E-state index contributed by atoms with van der Waals surface area (Å²) in [6.45, 7) is 6.45. The second kappa shape index (κ2) is 12.2. The minimum absolute atomic E-state index is 0.158. The average molecular weight is 344 g/mol. The second-order valence-corrected chi connectivity index (χ2v) is 5.66. The number of hydrogen-bond donors (Lipinski definition) is 0.